The fourth-order valence-corrected chi connectivity index (χ4v) is 3.38. The molecule has 0 aliphatic rings. The Labute approximate surface area is 116 Å². The average Bonchev–Trinajstić information content (AvgIpc) is 2.67. The van der Waals surface area contributed by atoms with Crippen molar-refractivity contribution in [2.75, 3.05) is 5.88 Å². The van der Waals surface area contributed by atoms with Crippen molar-refractivity contribution in [1.82, 2.24) is 10.2 Å². The molecule has 1 aromatic carbocycles. The molecule has 0 spiro atoms. The molecule has 2 rings (SSSR count). The molecule has 0 amide bonds. The second kappa shape index (κ2) is 5.45. The van der Waals surface area contributed by atoms with Gasteiger partial charge in [0.15, 0.2) is 0 Å². The molecule has 0 bridgehead atoms. The van der Waals surface area contributed by atoms with E-state index in [-0.39, 0.29) is 0 Å². The summed E-state index contributed by atoms with van der Waals surface area (Å²) in [4.78, 5) is 0. The lowest BCUT2D eigenvalue weighted by Crippen LogP contribution is -1.83. The van der Waals surface area contributed by atoms with Crippen LogP contribution < -0.4 is 0 Å². The van der Waals surface area contributed by atoms with E-state index in [9.17, 15) is 0 Å². The van der Waals surface area contributed by atoms with Crippen molar-refractivity contribution in [3.05, 3.63) is 32.7 Å². The second-order valence-electron chi connectivity index (χ2n) is 3.06. The molecule has 2 nitrogen and oxygen atoms in total. The Kier molecular flexibility index (Phi) is 4.19. The number of hydrogen-bond acceptors (Lipinski definition) is 3. The molecule has 0 fully saturated rings. The number of nitrogens with zero attached hydrogens (tertiary/aromatic N) is 2. The third kappa shape index (κ3) is 2.74. The number of aromatic nitrogens is 2. The number of benzene rings is 1. The van der Waals surface area contributed by atoms with Crippen molar-refractivity contribution >= 4 is 50.5 Å². The first-order valence-corrected chi connectivity index (χ1v) is 7.06. The highest BCUT2D eigenvalue weighted by molar-refractivity contribution is 9.10. The van der Waals surface area contributed by atoms with Gasteiger partial charge in [0, 0.05) is 27.4 Å². The van der Waals surface area contributed by atoms with Crippen molar-refractivity contribution < 1.29 is 0 Å². The van der Waals surface area contributed by atoms with Crippen LogP contribution in [0.4, 0.5) is 0 Å². The van der Waals surface area contributed by atoms with Gasteiger partial charge >= 0.3 is 0 Å². The van der Waals surface area contributed by atoms with Gasteiger partial charge < -0.3 is 0 Å². The molecular formula is C10H7BrCl2N2S. The van der Waals surface area contributed by atoms with Crippen LogP contribution in [0, 0.1) is 0 Å². The summed E-state index contributed by atoms with van der Waals surface area (Å²) in [5, 5.41) is 10.7. The molecule has 84 valence electrons. The third-order valence-corrected chi connectivity index (χ3v) is 4.03. The van der Waals surface area contributed by atoms with E-state index in [1.807, 2.05) is 18.2 Å². The van der Waals surface area contributed by atoms with Crippen LogP contribution in [-0.2, 0) is 6.42 Å². The summed E-state index contributed by atoms with van der Waals surface area (Å²) in [6.45, 7) is 0. The van der Waals surface area contributed by atoms with E-state index < -0.39 is 0 Å². The molecule has 1 heterocycles. The molecule has 0 atom stereocenters. The fraction of sp³-hybridized carbons (Fsp3) is 0.200. The van der Waals surface area contributed by atoms with Crippen molar-refractivity contribution in [1.29, 1.82) is 0 Å². The van der Waals surface area contributed by atoms with Crippen LogP contribution in [-0.4, -0.2) is 16.1 Å². The van der Waals surface area contributed by atoms with E-state index in [1.165, 1.54) is 0 Å². The summed E-state index contributed by atoms with van der Waals surface area (Å²) in [6, 6.07) is 5.61. The van der Waals surface area contributed by atoms with E-state index in [0.717, 1.165) is 26.5 Å². The largest absolute Gasteiger partial charge is 0.148 e. The van der Waals surface area contributed by atoms with E-state index in [2.05, 4.69) is 26.1 Å². The lowest BCUT2D eigenvalue weighted by molar-refractivity contribution is 0.989. The van der Waals surface area contributed by atoms with Crippen molar-refractivity contribution in [3.63, 3.8) is 0 Å². The molecule has 2 aromatic rings. The first-order valence-electron chi connectivity index (χ1n) is 4.54. The van der Waals surface area contributed by atoms with Crippen molar-refractivity contribution in [2.24, 2.45) is 0 Å². The van der Waals surface area contributed by atoms with Gasteiger partial charge in [-0.05, 0) is 18.2 Å². The van der Waals surface area contributed by atoms with Gasteiger partial charge in [-0.3, -0.25) is 0 Å². The third-order valence-electron chi connectivity index (χ3n) is 1.94. The molecule has 0 saturated carbocycles. The summed E-state index contributed by atoms with van der Waals surface area (Å²) in [5.74, 6) is 0.566. The molecule has 0 N–H and O–H groups in total. The van der Waals surface area contributed by atoms with Crippen LogP contribution in [0.2, 0.25) is 5.02 Å². The zero-order valence-electron chi connectivity index (χ0n) is 8.08. The number of alkyl halides is 1. The summed E-state index contributed by atoms with van der Waals surface area (Å²) >= 11 is 16.5. The van der Waals surface area contributed by atoms with Gasteiger partial charge in [-0.25, -0.2) is 0 Å². The van der Waals surface area contributed by atoms with Crippen LogP contribution in [0.3, 0.4) is 0 Å². The quantitative estimate of drug-likeness (QED) is 0.775. The lowest BCUT2D eigenvalue weighted by Gasteiger charge is -1.99. The van der Waals surface area contributed by atoms with Gasteiger partial charge in [0.05, 0.1) is 0 Å². The molecule has 0 aliphatic heterocycles. The minimum atomic E-state index is 0.566. The second-order valence-corrected chi connectivity index (χ2v) is 5.79. The number of halogens is 3. The topological polar surface area (TPSA) is 25.8 Å². The maximum Gasteiger partial charge on any atom is 0.148 e. The average molecular weight is 338 g/mol. The summed E-state index contributed by atoms with van der Waals surface area (Å²) in [5.41, 5.74) is 1.00. The Balaban J connectivity index is 2.35. The molecular weight excluding hydrogens is 331 g/mol. The Morgan fingerprint density at radius 2 is 2.12 bits per heavy atom. The van der Waals surface area contributed by atoms with Crippen molar-refractivity contribution in [3.8, 4) is 10.6 Å². The van der Waals surface area contributed by atoms with E-state index in [4.69, 9.17) is 23.2 Å². The zero-order valence-corrected chi connectivity index (χ0v) is 12.0. The van der Waals surface area contributed by atoms with Gasteiger partial charge in [-0.2, -0.15) is 0 Å². The van der Waals surface area contributed by atoms with E-state index >= 15 is 0 Å². The van der Waals surface area contributed by atoms with E-state index in [0.29, 0.717) is 10.9 Å². The highest BCUT2D eigenvalue weighted by Gasteiger charge is 2.09. The standard InChI is InChI=1S/C10H7BrCl2N2S/c11-8-5-6(13)1-2-7(8)10-15-14-9(16-10)3-4-12/h1-2,5H,3-4H2. The predicted molar refractivity (Wildman–Crippen MR) is 72.5 cm³/mol. The van der Waals surface area contributed by atoms with Crippen LogP contribution in [0.25, 0.3) is 10.6 Å². The van der Waals surface area contributed by atoms with E-state index in [1.54, 1.807) is 11.3 Å². The van der Waals surface area contributed by atoms with Gasteiger partial charge in [-0.1, -0.05) is 38.9 Å². The van der Waals surface area contributed by atoms with Gasteiger partial charge in [0.25, 0.3) is 0 Å². The molecule has 1 aromatic heterocycles. The number of rotatable bonds is 3. The first-order chi connectivity index (χ1) is 7.70. The summed E-state index contributed by atoms with van der Waals surface area (Å²) in [7, 11) is 0. The Morgan fingerprint density at radius 1 is 1.31 bits per heavy atom. The highest BCUT2D eigenvalue weighted by atomic mass is 79.9. The monoisotopic (exact) mass is 336 g/mol. The highest BCUT2D eigenvalue weighted by Crippen LogP contribution is 2.32. The van der Waals surface area contributed by atoms with Crippen molar-refractivity contribution in [2.45, 2.75) is 6.42 Å². The SMILES string of the molecule is ClCCc1nnc(-c2ccc(Cl)cc2Br)s1. The molecule has 0 radical (unpaired) electrons. The molecule has 0 unspecified atom stereocenters. The van der Waals surface area contributed by atoms with Crippen LogP contribution in [0.5, 0.6) is 0 Å². The van der Waals surface area contributed by atoms with Gasteiger partial charge in [0.2, 0.25) is 0 Å². The fourth-order valence-electron chi connectivity index (χ4n) is 1.21. The Morgan fingerprint density at radius 3 is 2.81 bits per heavy atom. The maximum atomic E-state index is 5.88. The molecule has 16 heavy (non-hydrogen) atoms. The lowest BCUT2D eigenvalue weighted by atomic mass is 10.2. The van der Waals surface area contributed by atoms with Gasteiger partial charge in [-0.15, -0.1) is 21.8 Å². The molecule has 0 aliphatic carbocycles. The minimum absolute atomic E-state index is 0.566. The van der Waals surface area contributed by atoms with Crippen LogP contribution in [0.1, 0.15) is 5.01 Å². The first kappa shape index (κ1) is 12.3. The Hall–Kier alpha value is -0.160. The number of aryl methyl sites for hydroxylation is 1. The molecule has 0 saturated heterocycles. The minimum Gasteiger partial charge on any atom is -0.143 e. The Bertz CT molecular complexity index is 501. The summed E-state index contributed by atoms with van der Waals surface area (Å²) < 4.78 is 0.925. The normalized spacial score (nSPS) is 10.7. The predicted octanol–water partition coefficient (Wildman–Crippen LogP) is 4.40. The van der Waals surface area contributed by atoms with Crippen LogP contribution >= 0.6 is 50.5 Å². The molecule has 6 heteroatoms. The summed E-state index contributed by atoms with van der Waals surface area (Å²) in [6.07, 6.45) is 0.754. The van der Waals surface area contributed by atoms with Crippen LogP contribution in [0.15, 0.2) is 22.7 Å². The maximum absolute atomic E-state index is 5.88. The number of hydrogen-bond donors (Lipinski definition) is 0. The smallest absolute Gasteiger partial charge is 0.143 e. The zero-order chi connectivity index (χ0) is 11.5. The van der Waals surface area contributed by atoms with Gasteiger partial charge in [0.1, 0.15) is 10.0 Å².